The molecule has 0 bridgehead atoms. The molecular weight excluding hydrogens is 208 g/mol. The molecule has 0 radical (unpaired) electrons. The summed E-state index contributed by atoms with van der Waals surface area (Å²) in [6.07, 6.45) is -2.75. The van der Waals surface area contributed by atoms with Crippen LogP contribution in [0.2, 0.25) is 0 Å². The second-order valence-corrected chi connectivity index (χ2v) is 4.10. The van der Waals surface area contributed by atoms with Gasteiger partial charge < -0.3 is 10.0 Å². The van der Waals surface area contributed by atoms with E-state index < -0.39 is 23.7 Å². The van der Waals surface area contributed by atoms with E-state index in [0.717, 1.165) is 4.90 Å². The molecule has 4 nitrogen and oxygen atoms in total. The maximum Gasteiger partial charge on any atom is 0.309 e. The summed E-state index contributed by atoms with van der Waals surface area (Å²) >= 11 is 0. The maximum atomic E-state index is 12.8. The van der Waals surface area contributed by atoms with Crippen molar-refractivity contribution in [3.8, 4) is 0 Å². The average Bonchev–Trinajstić information content (AvgIpc) is 2.44. The monoisotopic (exact) mass is 221 g/mol. The van der Waals surface area contributed by atoms with Gasteiger partial charge in [0.05, 0.1) is 11.3 Å². The molecule has 1 aliphatic rings. The molecule has 6 heteroatoms. The largest absolute Gasteiger partial charge is 0.481 e. The van der Waals surface area contributed by atoms with E-state index >= 15 is 0 Å². The molecule has 1 aliphatic heterocycles. The standard InChI is InChI=1S/C9H13F2NO3/c1-5(13)12-3-6(7(14)15)9(2,4-12)8(10)11/h6,8H,3-4H2,1-2H3,(H,14,15). The minimum Gasteiger partial charge on any atom is -0.481 e. The Bertz CT molecular complexity index is 295. The van der Waals surface area contributed by atoms with Crippen LogP contribution in [-0.4, -0.2) is 41.4 Å². The van der Waals surface area contributed by atoms with Gasteiger partial charge in [-0.15, -0.1) is 0 Å². The fourth-order valence-electron chi connectivity index (χ4n) is 1.84. The van der Waals surface area contributed by atoms with E-state index in [4.69, 9.17) is 5.11 Å². The predicted octanol–water partition coefficient (Wildman–Crippen LogP) is 0.821. The predicted molar refractivity (Wildman–Crippen MR) is 47.5 cm³/mol. The first kappa shape index (κ1) is 11.9. The molecular formula is C9H13F2NO3. The first-order chi connectivity index (χ1) is 6.79. The molecule has 15 heavy (non-hydrogen) atoms. The minimum atomic E-state index is -2.75. The van der Waals surface area contributed by atoms with Crippen LogP contribution in [0.3, 0.4) is 0 Å². The lowest BCUT2D eigenvalue weighted by Gasteiger charge is -2.26. The lowest BCUT2D eigenvalue weighted by atomic mass is 9.80. The number of alkyl halides is 2. The quantitative estimate of drug-likeness (QED) is 0.751. The number of nitrogens with zero attached hydrogens (tertiary/aromatic N) is 1. The molecule has 1 fully saturated rings. The third-order valence-electron chi connectivity index (χ3n) is 2.97. The van der Waals surface area contributed by atoms with Crippen molar-refractivity contribution in [2.45, 2.75) is 20.3 Å². The van der Waals surface area contributed by atoms with Crippen LogP contribution < -0.4 is 0 Å². The van der Waals surface area contributed by atoms with Gasteiger partial charge in [0.2, 0.25) is 12.3 Å². The van der Waals surface area contributed by atoms with Gasteiger partial charge in [-0.3, -0.25) is 9.59 Å². The molecule has 2 atom stereocenters. The van der Waals surface area contributed by atoms with E-state index in [0.29, 0.717) is 0 Å². The SMILES string of the molecule is CC(=O)N1CC(C(=O)O)C(C)(C(F)F)C1. The molecule has 0 aromatic carbocycles. The zero-order chi connectivity index (χ0) is 11.8. The molecule has 1 heterocycles. The Morgan fingerprint density at radius 2 is 2.07 bits per heavy atom. The lowest BCUT2D eigenvalue weighted by Crippen LogP contribution is -2.38. The average molecular weight is 221 g/mol. The van der Waals surface area contributed by atoms with E-state index in [1.165, 1.54) is 13.8 Å². The number of hydrogen-bond acceptors (Lipinski definition) is 2. The highest BCUT2D eigenvalue weighted by Gasteiger charge is 2.53. The number of carboxylic acids is 1. The number of carboxylic acid groups (broad SMARTS) is 1. The first-order valence-corrected chi connectivity index (χ1v) is 4.55. The Hall–Kier alpha value is -1.20. The van der Waals surface area contributed by atoms with Crippen LogP contribution in [0.15, 0.2) is 0 Å². The van der Waals surface area contributed by atoms with Gasteiger partial charge in [-0.25, -0.2) is 8.78 Å². The van der Waals surface area contributed by atoms with Gasteiger partial charge in [-0.05, 0) is 0 Å². The molecule has 0 saturated carbocycles. The van der Waals surface area contributed by atoms with E-state index in [9.17, 15) is 18.4 Å². The summed E-state index contributed by atoms with van der Waals surface area (Å²) < 4.78 is 25.5. The zero-order valence-corrected chi connectivity index (χ0v) is 8.54. The van der Waals surface area contributed by atoms with E-state index in [1.807, 2.05) is 0 Å². The van der Waals surface area contributed by atoms with E-state index in [2.05, 4.69) is 0 Å². The summed E-state index contributed by atoms with van der Waals surface area (Å²) in [6.45, 7) is 2.12. The number of halogens is 2. The molecule has 0 spiro atoms. The van der Waals surface area contributed by atoms with Crippen LogP contribution in [0.4, 0.5) is 8.78 Å². The molecule has 1 N–H and O–H groups in total. The van der Waals surface area contributed by atoms with Gasteiger partial charge in [0, 0.05) is 20.0 Å². The number of rotatable bonds is 2. The number of amides is 1. The van der Waals surface area contributed by atoms with Crippen LogP contribution in [0.5, 0.6) is 0 Å². The van der Waals surface area contributed by atoms with Gasteiger partial charge >= 0.3 is 5.97 Å². The minimum absolute atomic E-state index is 0.133. The van der Waals surface area contributed by atoms with Crippen molar-refractivity contribution in [1.29, 1.82) is 0 Å². The normalized spacial score (nSPS) is 31.0. The Morgan fingerprint density at radius 3 is 2.33 bits per heavy atom. The van der Waals surface area contributed by atoms with Gasteiger partial charge in [-0.1, -0.05) is 6.92 Å². The van der Waals surface area contributed by atoms with Crippen molar-refractivity contribution >= 4 is 11.9 Å². The van der Waals surface area contributed by atoms with Crippen LogP contribution in [0, 0.1) is 11.3 Å². The van der Waals surface area contributed by atoms with Gasteiger partial charge in [0.25, 0.3) is 0 Å². The second kappa shape index (κ2) is 3.75. The van der Waals surface area contributed by atoms with Gasteiger partial charge in [0.15, 0.2) is 0 Å². The fraction of sp³-hybridized carbons (Fsp3) is 0.778. The highest BCUT2D eigenvalue weighted by atomic mass is 19.3. The Morgan fingerprint density at radius 1 is 1.53 bits per heavy atom. The summed E-state index contributed by atoms with van der Waals surface area (Å²) in [6, 6.07) is 0. The molecule has 0 aromatic heterocycles. The Kier molecular flexibility index (Phi) is 2.97. The summed E-state index contributed by atoms with van der Waals surface area (Å²) in [5.74, 6) is -2.84. The first-order valence-electron chi connectivity index (χ1n) is 4.55. The van der Waals surface area contributed by atoms with Crippen LogP contribution >= 0.6 is 0 Å². The van der Waals surface area contributed by atoms with Crippen molar-refractivity contribution in [3.63, 3.8) is 0 Å². The molecule has 1 amide bonds. The highest BCUT2D eigenvalue weighted by molar-refractivity contribution is 5.77. The van der Waals surface area contributed by atoms with Crippen LogP contribution in [0.25, 0.3) is 0 Å². The molecule has 2 unspecified atom stereocenters. The van der Waals surface area contributed by atoms with Gasteiger partial charge in [0.1, 0.15) is 0 Å². The smallest absolute Gasteiger partial charge is 0.309 e. The fourth-order valence-corrected chi connectivity index (χ4v) is 1.84. The number of carbonyl (C=O) groups excluding carboxylic acids is 1. The lowest BCUT2D eigenvalue weighted by molar-refractivity contribution is -0.148. The number of hydrogen-bond donors (Lipinski definition) is 1. The van der Waals surface area contributed by atoms with Gasteiger partial charge in [-0.2, -0.15) is 0 Å². The number of aliphatic carboxylic acids is 1. The summed E-state index contributed by atoms with van der Waals surface area (Å²) in [5.41, 5.74) is -1.64. The highest BCUT2D eigenvalue weighted by Crippen LogP contribution is 2.41. The van der Waals surface area contributed by atoms with Crippen LogP contribution in [0.1, 0.15) is 13.8 Å². The summed E-state index contributed by atoms with van der Waals surface area (Å²) in [4.78, 5) is 23.0. The molecule has 1 rings (SSSR count). The van der Waals surface area contributed by atoms with Crippen molar-refractivity contribution < 1.29 is 23.5 Å². The number of carbonyl (C=O) groups is 2. The van der Waals surface area contributed by atoms with Crippen molar-refractivity contribution in [2.75, 3.05) is 13.1 Å². The third kappa shape index (κ3) is 1.93. The van der Waals surface area contributed by atoms with Crippen molar-refractivity contribution in [2.24, 2.45) is 11.3 Å². The van der Waals surface area contributed by atoms with Crippen molar-refractivity contribution in [3.05, 3.63) is 0 Å². The molecule has 1 saturated heterocycles. The van der Waals surface area contributed by atoms with Crippen LogP contribution in [-0.2, 0) is 9.59 Å². The maximum absolute atomic E-state index is 12.8. The van der Waals surface area contributed by atoms with Crippen molar-refractivity contribution in [1.82, 2.24) is 4.90 Å². The summed E-state index contributed by atoms with van der Waals surface area (Å²) in [5, 5.41) is 8.83. The third-order valence-corrected chi connectivity index (χ3v) is 2.97. The summed E-state index contributed by atoms with van der Waals surface area (Å²) in [7, 11) is 0. The second-order valence-electron chi connectivity index (χ2n) is 4.10. The molecule has 0 aliphatic carbocycles. The zero-order valence-electron chi connectivity index (χ0n) is 8.54. The topological polar surface area (TPSA) is 57.6 Å². The van der Waals surface area contributed by atoms with E-state index in [-0.39, 0.29) is 19.0 Å². The Labute approximate surface area is 85.9 Å². The molecule has 86 valence electrons. The number of likely N-dealkylation sites (tertiary alicyclic amines) is 1. The van der Waals surface area contributed by atoms with E-state index in [1.54, 1.807) is 0 Å². The molecule has 0 aromatic rings. The Balaban J connectivity index is 2.95.